The van der Waals surface area contributed by atoms with Crippen molar-refractivity contribution in [3.8, 4) is 17.6 Å². The second-order valence-electron chi connectivity index (χ2n) is 3.50. The molecule has 0 fully saturated rings. The van der Waals surface area contributed by atoms with Gasteiger partial charge in [0.15, 0.2) is 0 Å². The van der Waals surface area contributed by atoms with E-state index in [1.54, 1.807) is 26.0 Å². The second kappa shape index (κ2) is 5.71. The van der Waals surface area contributed by atoms with Crippen LogP contribution in [0, 0.1) is 18.8 Å². The van der Waals surface area contributed by atoms with Gasteiger partial charge >= 0.3 is 0 Å². The Labute approximate surface area is 102 Å². The Hall–Kier alpha value is -1.51. The van der Waals surface area contributed by atoms with Gasteiger partial charge in [-0.2, -0.15) is 0 Å². The van der Waals surface area contributed by atoms with Gasteiger partial charge in [-0.15, -0.1) is 11.8 Å². The summed E-state index contributed by atoms with van der Waals surface area (Å²) in [5, 5.41) is 5.06. The molecule has 0 saturated carbocycles. The molecule has 0 heterocycles. The van der Waals surface area contributed by atoms with Gasteiger partial charge in [0, 0.05) is 6.42 Å². The molecule has 0 unspecified atom stereocenters. The second-order valence-corrected chi connectivity index (χ2v) is 5.03. The molecule has 1 rings (SSSR count). The number of hydrogen-bond donors (Lipinski definition) is 1. The number of sulfonamides is 1. The molecule has 0 aliphatic carbocycles. The summed E-state index contributed by atoms with van der Waals surface area (Å²) in [6, 6.07) is 4.69. The summed E-state index contributed by atoms with van der Waals surface area (Å²) in [7, 11) is -3.66. The molecule has 0 amide bonds. The number of benzene rings is 1. The van der Waals surface area contributed by atoms with Gasteiger partial charge in [0.2, 0.25) is 10.0 Å². The molecule has 0 spiro atoms. The van der Waals surface area contributed by atoms with Crippen LogP contribution >= 0.6 is 0 Å². The molecular weight excluding hydrogens is 238 g/mol. The summed E-state index contributed by atoms with van der Waals surface area (Å²) in [5.74, 6) is 6.26. The van der Waals surface area contributed by atoms with E-state index in [9.17, 15) is 8.42 Å². The molecule has 92 valence electrons. The van der Waals surface area contributed by atoms with Crippen molar-refractivity contribution in [2.75, 3.05) is 6.61 Å². The Kier molecular flexibility index (Phi) is 4.55. The van der Waals surface area contributed by atoms with Gasteiger partial charge in [-0.05, 0) is 37.6 Å². The normalized spacial score (nSPS) is 10.5. The Bertz CT molecular complexity index is 553. The highest BCUT2D eigenvalue weighted by Crippen LogP contribution is 2.20. The predicted octanol–water partition coefficient (Wildman–Crippen LogP) is 1.43. The van der Waals surface area contributed by atoms with Crippen LogP contribution < -0.4 is 9.88 Å². The third-order valence-corrected chi connectivity index (χ3v) is 3.20. The standard InChI is InChI=1S/C12H15NO3S/c1-3-4-5-8-16-11-6-7-12(10(2)9-11)17(13,14)15/h6-7,9H,5,8H2,1-2H3,(H2,13,14,15). The van der Waals surface area contributed by atoms with Crippen molar-refractivity contribution in [2.24, 2.45) is 5.14 Å². The maximum Gasteiger partial charge on any atom is 0.238 e. The van der Waals surface area contributed by atoms with Crippen molar-refractivity contribution in [3.05, 3.63) is 23.8 Å². The molecule has 0 aliphatic rings. The molecule has 0 aliphatic heterocycles. The van der Waals surface area contributed by atoms with Crippen LogP contribution in [0.3, 0.4) is 0 Å². The van der Waals surface area contributed by atoms with Crippen LogP contribution in [0.2, 0.25) is 0 Å². The zero-order chi connectivity index (χ0) is 12.9. The zero-order valence-corrected chi connectivity index (χ0v) is 10.7. The van der Waals surface area contributed by atoms with Gasteiger partial charge in [-0.25, -0.2) is 13.6 Å². The first-order chi connectivity index (χ1) is 7.95. The number of aryl methyl sites for hydroxylation is 1. The number of rotatable bonds is 4. The summed E-state index contributed by atoms with van der Waals surface area (Å²) in [4.78, 5) is 0.123. The SMILES string of the molecule is CC#CCCOc1ccc(S(N)(=O)=O)c(C)c1. The topological polar surface area (TPSA) is 69.4 Å². The van der Waals surface area contributed by atoms with E-state index < -0.39 is 10.0 Å². The first kappa shape index (κ1) is 13.6. The maximum atomic E-state index is 11.2. The van der Waals surface area contributed by atoms with Crippen molar-refractivity contribution >= 4 is 10.0 Å². The summed E-state index contributed by atoms with van der Waals surface area (Å²) in [6.07, 6.45) is 0.645. The number of ether oxygens (including phenoxy) is 1. The fraction of sp³-hybridized carbons (Fsp3) is 0.333. The van der Waals surface area contributed by atoms with E-state index >= 15 is 0 Å². The zero-order valence-electron chi connectivity index (χ0n) is 9.86. The fourth-order valence-corrected chi connectivity index (χ4v) is 2.14. The first-order valence-corrected chi connectivity index (χ1v) is 6.65. The van der Waals surface area contributed by atoms with Gasteiger partial charge in [0.1, 0.15) is 5.75 Å². The molecule has 2 N–H and O–H groups in total. The smallest absolute Gasteiger partial charge is 0.238 e. The van der Waals surface area contributed by atoms with Crippen LogP contribution in [0.15, 0.2) is 23.1 Å². The van der Waals surface area contributed by atoms with Crippen LogP contribution in [0.5, 0.6) is 5.75 Å². The molecular formula is C12H15NO3S. The summed E-state index contributed by atoms with van der Waals surface area (Å²) in [5.41, 5.74) is 0.576. The molecule has 4 nitrogen and oxygen atoms in total. The number of primary sulfonamides is 1. The van der Waals surface area contributed by atoms with E-state index in [-0.39, 0.29) is 4.90 Å². The van der Waals surface area contributed by atoms with E-state index in [1.165, 1.54) is 6.07 Å². The highest BCUT2D eigenvalue weighted by atomic mass is 32.2. The Morgan fingerprint density at radius 3 is 2.65 bits per heavy atom. The Morgan fingerprint density at radius 2 is 2.12 bits per heavy atom. The van der Waals surface area contributed by atoms with Gasteiger partial charge < -0.3 is 4.74 Å². The minimum absolute atomic E-state index is 0.123. The van der Waals surface area contributed by atoms with Crippen molar-refractivity contribution in [1.82, 2.24) is 0 Å². The quantitative estimate of drug-likeness (QED) is 0.652. The molecule has 17 heavy (non-hydrogen) atoms. The highest BCUT2D eigenvalue weighted by molar-refractivity contribution is 7.89. The average molecular weight is 253 g/mol. The van der Waals surface area contributed by atoms with E-state index in [0.29, 0.717) is 24.3 Å². The molecule has 0 saturated heterocycles. The van der Waals surface area contributed by atoms with Crippen LogP contribution in [0.25, 0.3) is 0 Å². The lowest BCUT2D eigenvalue weighted by atomic mass is 10.2. The van der Waals surface area contributed by atoms with Crippen LogP contribution in [0.1, 0.15) is 18.9 Å². The van der Waals surface area contributed by atoms with Crippen LogP contribution in [-0.2, 0) is 10.0 Å². The van der Waals surface area contributed by atoms with Crippen LogP contribution in [-0.4, -0.2) is 15.0 Å². The van der Waals surface area contributed by atoms with E-state index in [2.05, 4.69) is 11.8 Å². The lowest BCUT2D eigenvalue weighted by Crippen LogP contribution is -2.13. The molecule has 0 atom stereocenters. The monoisotopic (exact) mass is 253 g/mol. The largest absolute Gasteiger partial charge is 0.493 e. The van der Waals surface area contributed by atoms with E-state index in [0.717, 1.165) is 0 Å². The Morgan fingerprint density at radius 1 is 1.41 bits per heavy atom. The van der Waals surface area contributed by atoms with Crippen LogP contribution in [0.4, 0.5) is 0 Å². The average Bonchev–Trinajstić information content (AvgIpc) is 2.23. The molecule has 1 aromatic rings. The summed E-state index contributed by atoms with van der Waals surface area (Å²) in [6.45, 7) is 3.93. The molecule has 0 radical (unpaired) electrons. The van der Waals surface area contributed by atoms with Gasteiger partial charge in [0.05, 0.1) is 11.5 Å². The summed E-state index contributed by atoms with van der Waals surface area (Å²) < 4.78 is 27.8. The van der Waals surface area contributed by atoms with Crippen molar-refractivity contribution in [1.29, 1.82) is 0 Å². The van der Waals surface area contributed by atoms with E-state index in [1.807, 2.05) is 0 Å². The predicted molar refractivity (Wildman–Crippen MR) is 66.1 cm³/mol. The van der Waals surface area contributed by atoms with Crippen molar-refractivity contribution in [3.63, 3.8) is 0 Å². The third-order valence-electron chi connectivity index (χ3n) is 2.13. The number of nitrogens with two attached hydrogens (primary N) is 1. The minimum atomic E-state index is -3.66. The summed E-state index contributed by atoms with van der Waals surface area (Å²) >= 11 is 0. The lowest BCUT2D eigenvalue weighted by molar-refractivity contribution is 0.326. The van der Waals surface area contributed by atoms with Gasteiger partial charge in [-0.1, -0.05) is 0 Å². The van der Waals surface area contributed by atoms with E-state index in [4.69, 9.17) is 9.88 Å². The number of hydrogen-bond acceptors (Lipinski definition) is 3. The first-order valence-electron chi connectivity index (χ1n) is 5.11. The molecule has 0 aromatic heterocycles. The van der Waals surface area contributed by atoms with Gasteiger partial charge in [0.25, 0.3) is 0 Å². The fourth-order valence-electron chi connectivity index (χ4n) is 1.38. The highest BCUT2D eigenvalue weighted by Gasteiger charge is 2.11. The van der Waals surface area contributed by atoms with Crippen molar-refractivity contribution in [2.45, 2.75) is 25.2 Å². The molecule has 0 bridgehead atoms. The van der Waals surface area contributed by atoms with Gasteiger partial charge in [-0.3, -0.25) is 0 Å². The Balaban J connectivity index is 2.78. The van der Waals surface area contributed by atoms with Crippen molar-refractivity contribution < 1.29 is 13.2 Å². The minimum Gasteiger partial charge on any atom is -0.493 e. The molecule has 5 heteroatoms. The lowest BCUT2D eigenvalue weighted by Gasteiger charge is -2.07. The maximum absolute atomic E-state index is 11.2. The third kappa shape index (κ3) is 4.10. The molecule has 1 aromatic carbocycles.